The number of halogens is 3. The molecule has 2 aromatic rings. The van der Waals surface area contributed by atoms with E-state index in [1.807, 2.05) is 0 Å². The van der Waals surface area contributed by atoms with Gasteiger partial charge < -0.3 is 10.1 Å². The van der Waals surface area contributed by atoms with Crippen molar-refractivity contribution < 1.29 is 27.6 Å². The number of rotatable bonds is 5. The molecule has 2 rings (SSSR count). The Kier molecular flexibility index (Phi) is 4.71. The molecule has 1 atom stereocenters. The van der Waals surface area contributed by atoms with Gasteiger partial charge in [-0.25, -0.2) is 0 Å². The van der Waals surface area contributed by atoms with Gasteiger partial charge in [0, 0.05) is 5.69 Å². The van der Waals surface area contributed by atoms with Gasteiger partial charge in [-0.1, -0.05) is 0 Å². The summed E-state index contributed by atoms with van der Waals surface area (Å²) >= 11 is 0. The molecule has 24 heavy (non-hydrogen) atoms. The second-order valence-corrected chi connectivity index (χ2v) is 4.67. The molecule has 0 aliphatic carbocycles. The molecule has 1 heterocycles. The molecule has 0 radical (unpaired) electrons. The third-order valence-corrected chi connectivity index (χ3v) is 2.93. The summed E-state index contributed by atoms with van der Waals surface area (Å²) in [4.78, 5) is 22.0. The van der Waals surface area contributed by atoms with Gasteiger partial charge in [0.05, 0.1) is 4.92 Å². The lowest BCUT2D eigenvalue weighted by Crippen LogP contribution is -2.24. The molecule has 0 aliphatic rings. The molecule has 11 heteroatoms. The standard InChI is InChI=1S/C13H11F3N4O4/c1-8(19-7-10(6-17-19)20(22)23)12(21)18-9-2-4-11(5-3-9)24-13(14,15)16/h2-8H,1H3,(H,18,21). The molecule has 1 amide bonds. The van der Waals surface area contributed by atoms with Crippen molar-refractivity contribution in [1.29, 1.82) is 0 Å². The van der Waals surface area contributed by atoms with Crippen LogP contribution in [0.1, 0.15) is 13.0 Å². The first-order valence-corrected chi connectivity index (χ1v) is 6.51. The zero-order valence-corrected chi connectivity index (χ0v) is 12.1. The first-order chi connectivity index (χ1) is 11.2. The van der Waals surface area contributed by atoms with E-state index in [1.165, 1.54) is 19.1 Å². The summed E-state index contributed by atoms with van der Waals surface area (Å²) in [5.74, 6) is -0.964. The Bertz CT molecular complexity index is 742. The molecule has 0 bridgehead atoms. The number of amides is 1. The molecule has 8 nitrogen and oxygen atoms in total. The maximum absolute atomic E-state index is 12.1. The largest absolute Gasteiger partial charge is 0.573 e. The van der Waals surface area contributed by atoms with Crippen molar-refractivity contribution in [2.45, 2.75) is 19.3 Å². The normalized spacial score (nSPS) is 12.5. The third-order valence-electron chi connectivity index (χ3n) is 2.93. The zero-order valence-electron chi connectivity index (χ0n) is 12.1. The molecular formula is C13H11F3N4O4. The Morgan fingerprint density at radius 3 is 2.50 bits per heavy atom. The zero-order chi connectivity index (χ0) is 17.9. The van der Waals surface area contributed by atoms with Gasteiger partial charge in [0.15, 0.2) is 0 Å². The summed E-state index contributed by atoms with van der Waals surface area (Å²) in [5, 5.41) is 16.8. The first-order valence-electron chi connectivity index (χ1n) is 6.51. The Balaban J connectivity index is 2.01. The Hall–Kier alpha value is -3.11. The number of carbonyl (C=O) groups is 1. The van der Waals surface area contributed by atoms with Crippen LogP contribution in [0.3, 0.4) is 0 Å². The number of carbonyl (C=O) groups excluding carboxylic acids is 1. The highest BCUT2D eigenvalue weighted by molar-refractivity contribution is 5.93. The molecule has 128 valence electrons. The van der Waals surface area contributed by atoms with Crippen LogP contribution in [0.5, 0.6) is 5.75 Å². The fourth-order valence-electron chi connectivity index (χ4n) is 1.74. The number of ether oxygens (including phenoxy) is 1. The average molecular weight is 344 g/mol. The van der Waals surface area contributed by atoms with Gasteiger partial charge in [-0.3, -0.25) is 19.6 Å². The number of hydrogen-bond acceptors (Lipinski definition) is 5. The highest BCUT2D eigenvalue weighted by Gasteiger charge is 2.31. The van der Waals surface area contributed by atoms with E-state index >= 15 is 0 Å². The lowest BCUT2D eigenvalue weighted by Gasteiger charge is -2.13. The lowest BCUT2D eigenvalue weighted by molar-refractivity contribution is -0.385. The minimum atomic E-state index is -4.80. The van der Waals surface area contributed by atoms with Crippen molar-refractivity contribution in [3.8, 4) is 5.75 Å². The van der Waals surface area contributed by atoms with E-state index in [1.54, 1.807) is 0 Å². The molecule has 1 aromatic carbocycles. The van der Waals surface area contributed by atoms with Crippen molar-refractivity contribution in [2.75, 3.05) is 5.32 Å². The van der Waals surface area contributed by atoms with E-state index in [0.717, 1.165) is 29.2 Å². The summed E-state index contributed by atoms with van der Waals surface area (Å²) in [7, 11) is 0. The van der Waals surface area contributed by atoms with Gasteiger partial charge in [-0.05, 0) is 31.2 Å². The minimum Gasteiger partial charge on any atom is -0.406 e. The second kappa shape index (κ2) is 6.56. The van der Waals surface area contributed by atoms with Gasteiger partial charge in [0.1, 0.15) is 24.2 Å². The highest BCUT2D eigenvalue weighted by atomic mass is 19.4. The van der Waals surface area contributed by atoms with E-state index < -0.39 is 29.0 Å². The van der Waals surface area contributed by atoms with Gasteiger partial charge in [0.25, 0.3) is 0 Å². The lowest BCUT2D eigenvalue weighted by atomic mass is 10.2. The van der Waals surface area contributed by atoms with Gasteiger partial charge in [-0.2, -0.15) is 5.10 Å². The summed E-state index contributed by atoms with van der Waals surface area (Å²) in [6, 6.07) is 3.71. The number of alkyl halides is 3. The van der Waals surface area contributed by atoms with Crippen LogP contribution in [-0.4, -0.2) is 27.0 Å². The van der Waals surface area contributed by atoms with Crippen molar-refractivity contribution in [1.82, 2.24) is 9.78 Å². The SMILES string of the molecule is CC(C(=O)Nc1ccc(OC(F)(F)F)cc1)n1cc([N+](=O)[O-])cn1. The fourth-order valence-corrected chi connectivity index (χ4v) is 1.74. The molecule has 0 saturated carbocycles. The predicted molar refractivity (Wildman–Crippen MR) is 75.3 cm³/mol. The third kappa shape index (κ3) is 4.44. The van der Waals surface area contributed by atoms with Crippen LogP contribution in [0.2, 0.25) is 0 Å². The van der Waals surface area contributed by atoms with Crippen LogP contribution in [-0.2, 0) is 4.79 Å². The van der Waals surface area contributed by atoms with Crippen LogP contribution < -0.4 is 10.1 Å². The smallest absolute Gasteiger partial charge is 0.406 e. The number of benzene rings is 1. The van der Waals surface area contributed by atoms with Crippen LogP contribution >= 0.6 is 0 Å². The summed E-state index contributed by atoms with van der Waals surface area (Å²) in [6.07, 6.45) is -2.69. The molecule has 0 spiro atoms. The first kappa shape index (κ1) is 17.2. The van der Waals surface area contributed by atoms with E-state index in [9.17, 15) is 28.1 Å². The molecule has 1 aromatic heterocycles. The molecule has 0 saturated heterocycles. The molecular weight excluding hydrogens is 333 g/mol. The summed E-state index contributed by atoms with van der Waals surface area (Å²) in [5.41, 5.74) is -0.0219. The molecule has 1 unspecified atom stereocenters. The fraction of sp³-hybridized carbons (Fsp3) is 0.231. The van der Waals surface area contributed by atoms with Crippen LogP contribution in [0.25, 0.3) is 0 Å². The Labute approximate surface area is 133 Å². The number of hydrogen-bond donors (Lipinski definition) is 1. The number of anilines is 1. The Morgan fingerprint density at radius 1 is 1.38 bits per heavy atom. The number of nitrogens with one attached hydrogen (secondary N) is 1. The van der Waals surface area contributed by atoms with E-state index in [0.29, 0.717) is 0 Å². The second-order valence-electron chi connectivity index (χ2n) is 4.67. The monoisotopic (exact) mass is 344 g/mol. The average Bonchev–Trinajstić information content (AvgIpc) is 2.97. The summed E-state index contributed by atoms with van der Waals surface area (Å²) < 4.78 is 41.0. The molecule has 0 fully saturated rings. The highest BCUT2D eigenvalue weighted by Crippen LogP contribution is 2.24. The predicted octanol–water partition coefficient (Wildman–Crippen LogP) is 2.89. The van der Waals surface area contributed by atoms with E-state index in [4.69, 9.17) is 0 Å². The topological polar surface area (TPSA) is 99.3 Å². The van der Waals surface area contributed by atoms with Crippen molar-refractivity contribution >= 4 is 17.3 Å². The maximum Gasteiger partial charge on any atom is 0.573 e. The minimum absolute atomic E-state index is 0.239. The number of nitro groups is 1. The van der Waals surface area contributed by atoms with Crippen molar-refractivity contribution in [2.24, 2.45) is 0 Å². The summed E-state index contributed by atoms with van der Waals surface area (Å²) in [6.45, 7) is 1.47. The van der Waals surface area contributed by atoms with Crippen LogP contribution in [0.15, 0.2) is 36.7 Å². The van der Waals surface area contributed by atoms with Gasteiger partial charge in [0.2, 0.25) is 5.91 Å². The Morgan fingerprint density at radius 2 is 2.00 bits per heavy atom. The molecule has 1 N–H and O–H groups in total. The van der Waals surface area contributed by atoms with Crippen LogP contribution in [0.4, 0.5) is 24.5 Å². The van der Waals surface area contributed by atoms with Crippen molar-refractivity contribution in [3.63, 3.8) is 0 Å². The van der Waals surface area contributed by atoms with E-state index in [2.05, 4.69) is 15.2 Å². The van der Waals surface area contributed by atoms with Gasteiger partial charge >= 0.3 is 12.0 Å². The van der Waals surface area contributed by atoms with E-state index in [-0.39, 0.29) is 11.4 Å². The van der Waals surface area contributed by atoms with Gasteiger partial charge in [-0.15, -0.1) is 13.2 Å². The quantitative estimate of drug-likeness (QED) is 0.664. The molecule has 0 aliphatic heterocycles. The van der Waals surface area contributed by atoms with Crippen LogP contribution in [0, 0.1) is 10.1 Å². The van der Waals surface area contributed by atoms with Crippen molar-refractivity contribution in [3.05, 3.63) is 46.8 Å². The maximum atomic E-state index is 12.1. The number of nitrogens with zero attached hydrogens (tertiary/aromatic N) is 3. The number of aromatic nitrogens is 2.